The van der Waals surface area contributed by atoms with Crippen LogP contribution in [0.15, 0.2) is 170 Å². The van der Waals surface area contributed by atoms with Crippen molar-refractivity contribution in [2.75, 3.05) is 80.0 Å². The topological polar surface area (TPSA) is 28.2 Å². The maximum Gasteiger partial charge on any atom is 1.00 e. The summed E-state index contributed by atoms with van der Waals surface area (Å²) in [5, 5.41) is 15.8. The van der Waals surface area contributed by atoms with Crippen molar-refractivity contribution < 1.29 is 34.1 Å². The van der Waals surface area contributed by atoms with Crippen molar-refractivity contribution in [3.05, 3.63) is 180 Å². The van der Waals surface area contributed by atoms with Gasteiger partial charge < -0.3 is 10.6 Å². The van der Waals surface area contributed by atoms with Crippen LogP contribution in [0.3, 0.4) is 0 Å². The van der Waals surface area contributed by atoms with Crippen LogP contribution in [0.1, 0.15) is 0 Å². The fourth-order valence-corrected chi connectivity index (χ4v) is 14.6. The Labute approximate surface area is 382 Å². The number of hydrogen-bond acceptors (Lipinski definition) is 0. The van der Waals surface area contributed by atoms with Crippen LogP contribution < -0.4 is 21.2 Å². The van der Waals surface area contributed by atoms with Crippen molar-refractivity contribution in [2.45, 2.75) is 0 Å². The van der Waals surface area contributed by atoms with Gasteiger partial charge in [-0.05, 0) is 68.1 Å². The molecular weight excluding hydrogens is 917 g/mol. The van der Waals surface area contributed by atoms with E-state index in [4.69, 9.17) is 10.6 Å². The minimum absolute atomic E-state index is 0. The van der Waals surface area contributed by atoms with Crippen molar-refractivity contribution in [1.82, 2.24) is 0 Å². The number of benzene rings is 6. The van der Waals surface area contributed by atoms with Gasteiger partial charge in [0.25, 0.3) is 0 Å². The van der Waals surface area contributed by atoms with Crippen LogP contribution in [0, 0.1) is 0 Å². The van der Waals surface area contributed by atoms with Gasteiger partial charge in [-0.3, -0.25) is 0 Å². The molecule has 6 aromatic rings. The van der Waals surface area contributed by atoms with E-state index in [1.54, 1.807) is 0 Å². The van der Waals surface area contributed by atoms with Crippen LogP contribution in [0.2, 0.25) is 0 Å². The predicted octanol–water partition coefficient (Wildman–Crippen LogP) is 13.7. The molecule has 0 radical (unpaired) electrons. The summed E-state index contributed by atoms with van der Waals surface area (Å²) in [6.07, 6.45) is 0. The van der Waals surface area contributed by atoms with Gasteiger partial charge in [0.1, 0.15) is 21.2 Å². The first-order valence-electron chi connectivity index (χ1n) is 19.4. The SMILES string of the molecule is C[PH+](C)C.C[PH+](C)C.C[PH+](C)C.C[PH+](C)C.[Cu+].[Cu+].c1ccc([N-]c2ccccc2[PH+](c2ccccc2)[PH+](c2ccccc2)c2ccccc2[N-]c2ccccc2)cc1. The molecular formula is C48H70Cu2N2P6+6. The van der Waals surface area contributed by atoms with E-state index in [0.717, 1.165) is 22.7 Å². The summed E-state index contributed by atoms with van der Waals surface area (Å²) >= 11 is 0. The number of nitrogens with zero attached hydrogens (tertiary/aromatic N) is 2. The van der Waals surface area contributed by atoms with Crippen LogP contribution in [0.4, 0.5) is 22.7 Å². The average Bonchev–Trinajstić information content (AvgIpc) is 3.15. The molecule has 6 rings (SSSR count). The summed E-state index contributed by atoms with van der Waals surface area (Å²) in [6, 6.07) is 60.1. The van der Waals surface area contributed by atoms with Crippen molar-refractivity contribution in [3.63, 3.8) is 0 Å². The zero-order valence-electron chi connectivity index (χ0n) is 36.7. The van der Waals surface area contributed by atoms with Crippen molar-refractivity contribution in [2.24, 2.45) is 0 Å². The van der Waals surface area contributed by atoms with Gasteiger partial charge in [0.05, 0.1) is 0 Å². The zero-order chi connectivity index (χ0) is 41.3. The third-order valence-corrected chi connectivity index (χ3v) is 15.8. The smallest absolute Gasteiger partial charge is 0.655 e. The van der Waals surface area contributed by atoms with E-state index in [1.807, 2.05) is 36.4 Å². The second-order valence-corrected chi connectivity index (χ2v) is 34.1. The van der Waals surface area contributed by atoms with Crippen molar-refractivity contribution >= 4 is 90.9 Å². The maximum atomic E-state index is 5.17. The Morgan fingerprint density at radius 1 is 0.276 bits per heavy atom. The van der Waals surface area contributed by atoms with Gasteiger partial charge in [-0.2, -0.15) is 0 Å². The molecule has 0 aliphatic carbocycles. The number of para-hydroxylation sites is 4. The Balaban J connectivity index is 0.00000155. The molecule has 318 valence electrons. The molecule has 2 unspecified atom stereocenters. The molecule has 0 aromatic heterocycles. The van der Waals surface area contributed by atoms with Crippen LogP contribution in [0.25, 0.3) is 10.6 Å². The van der Waals surface area contributed by atoms with Crippen LogP contribution in [-0.4, -0.2) is 80.0 Å². The Hall–Kier alpha value is -1.46. The predicted molar refractivity (Wildman–Crippen MR) is 284 cm³/mol. The molecule has 0 fully saturated rings. The fourth-order valence-electron chi connectivity index (χ4n) is 4.93. The second-order valence-electron chi connectivity index (χ2n) is 15.4. The van der Waals surface area contributed by atoms with Gasteiger partial charge >= 0.3 is 34.1 Å². The molecule has 0 saturated heterocycles. The third-order valence-electron chi connectivity index (χ3n) is 6.73. The molecule has 0 aliphatic rings. The molecule has 6 aromatic carbocycles. The molecule has 10 heteroatoms. The quantitative estimate of drug-likeness (QED) is 0.102. The Morgan fingerprint density at radius 2 is 0.483 bits per heavy atom. The molecule has 0 saturated carbocycles. The van der Waals surface area contributed by atoms with E-state index in [1.165, 1.54) is 21.2 Å². The fraction of sp³-hybridized carbons (Fsp3) is 0.250. The first-order valence-corrected chi connectivity index (χ1v) is 35.4. The Morgan fingerprint density at radius 3 is 0.741 bits per heavy atom. The second kappa shape index (κ2) is 33.2. The van der Waals surface area contributed by atoms with Crippen LogP contribution in [-0.2, 0) is 34.1 Å². The van der Waals surface area contributed by atoms with E-state index in [9.17, 15) is 0 Å². The van der Waals surface area contributed by atoms with E-state index in [2.05, 4.69) is 213 Å². The largest absolute Gasteiger partial charge is 1.00 e. The number of rotatable bonds is 9. The monoisotopic (exact) mass is 986 g/mol. The molecule has 0 N–H and O–H groups in total. The summed E-state index contributed by atoms with van der Waals surface area (Å²) < 4.78 is 0. The van der Waals surface area contributed by atoms with Gasteiger partial charge in [-0.25, -0.2) is 0 Å². The van der Waals surface area contributed by atoms with E-state index >= 15 is 0 Å². The van der Waals surface area contributed by atoms with Gasteiger partial charge in [-0.1, -0.05) is 145 Å². The van der Waals surface area contributed by atoms with Crippen LogP contribution >= 0.6 is 46.9 Å². The Bertz CT molecular complexity index is 1710. The summed E-state index contributed by atoms with van der Waals surface area (Å²) in [7, 11) is -2.23. The van der Waals surface area contributed by atoms with Gasteiger partial charge in [0.15, 0.2) is 15.2 Å². The van der Waals surface area contributed by atoms with E-state index < -0.39 is 15.2 Å². The maximum absolute atomic E-state index is 5.17. The molecule has 0 amide bonds. The third kappa shape index (κ3) is 24.1. The molecule has 0 spiro atoms. The standard InChI is InChI=1S/C36H30N2P2.4C3H9P.2Cu/c1-5-17-29(18-6-1)37-33-25-13-15-27-35(33)39(31-21-9-3-10-22-31)40(32-23-11-4-12-24-32)36-28-16-14-26-34(36)38-30-19-7-2-8-20-30;4*1-4(2)3;;/h1-28,39-40H;4*1-3H3;;/q;;;;;2*+1/p+4. The molecule has 2 nitrogen and oxygen atoms in total. The van der Waals surface area contributed by atoms with Gasteiger partial charge in [0.2, 0.25) is 0 Å². The molecule has 0 bridgehead atoms. The van der Waals surface area contributed by atoms with Gasteiger partial charge in [0, 0.05) is 80.0 Å². The first-order chi connectivity index (χ1) is 26.8. The zero-order valence-corrected chi connectivity index (χ0v) is 44.5. The van der Waals surface area contributed by atoms with E-state index in [0.29, 0.717) is 0 Å². The minimum atomic E-state index is -1.36. The average molecular weight is 988 g/mol. The molecule has 0 aliphatic heterocycles. The molecule has 0 heterocycles. The first kappa shape index (κ1) is 56.5. The van der Waals surface area contributed by atoms with Crippen molar-refractivity contribution in [1.29, 1.82) is 0 Å². The van der Waals surface area contributed by atoms with Gasteiger partial charge in [-0.15, -0.1) is 11.4 Å². The summed E-state index contributed by atoms with van der Waals surface area (Å²) in [6.45, 7) is 27.2. The minimum Gasteiger partial charge on any atom is -0.655 e. The van der Waals surface area contributed by atoms with E-state index in [-0.39, 0.29) is 65.8 Å². The Kier molecular flexibility index (Phi) is 32.4. The summed E-state index contributed by atoms with van der Waals surface area (Å²) in [4.78, 5) is 0. The molecule has 58 heavy (non-hydrogen) atoms. The van der Waals surface area contributed by atoms with Crippen molar-refractivity contribution in [3.8, 4) is 0 Å². The molecule has 2 atom stereocenters. The van der Waals surface area contributed by atoms with Crippen LogP contribution in [0.5, 0.6) is 0 Å². The normalized spacial score (nSPS) is 11.0. The summed E-state index contributed by atoms with van der Waals surface area (Å²) in [5.74, 6) is 0. The number of hydrogen-bond donors (Lipinski definition) is 0. The summed E-state index contributed by atoms with van der Waals surface area (Å²) in [5.41, 5.74) is 4.03.